The predicted molar refractivity (Wildman–Crippen MR) is 217 cm³/mol. The van der Waals surface area contributed by atoms with E-state index >= 15 is 0 Å². The molecule has 0 unspecified atom stereocenters. The van der Waals surface area contributed by atoms with Crippen LogP contribution in [0.2, 0.25) is 0 Å². The second kappa shape index (κ2) is 35.2. The number of para-hydroxylation sites is 1. The van der Waals surface area contributed by atoms with Crippen molar-refractivity contribution in [1.29, 1.82) is 0 Å². The van der Waals surface area contributed by atoms with Gasteiger partial charge in [0, 0.05) is 12.3 Å². The van der Waals surface area contributed by atoms with Crippen molar-refractivity contribution in [2.24, 2.45) is 0 Å². The van der Waals surface area contributed by atoms with E-state index in [0.29, 0.717) is 85.0 Å². The molecule has 2 aromatic carbocycles. The molecule has 0 saturated carbocycles. The lowest BCUT2D eigenvalue weighted by Crippen LogP contribution is -2.15. The molecule has 1 N–H and O–H groups in total. The number of hydrogen-bond acceptors (Lipinski definition) is 10. The first-order valence-corrected chi connectivity index (χ1v) is 21.2. The number of unbranched alkanes of at least 4 members (excludes halogenated alkanes) is 13. The average Bonchev–Trinajstić information content (AvgIpc) is 3.20. The van der Waals surface area contributed by atoms with Gasteiger partial charge in [0.25, 0.3) is 0 Å². The molecule has 0 aromatic heterocycles. The third kappa shape index (κ3) is 28.3. The van der Waals surface area contributed by atoms with E-state index < -0.39 is 17.7 Å². The number of anilines is 2. The summed E-state index contributed by atoms with van der Waals surface area (Å²) in [5.74, 6) is -0.620. The molecule has 0 fully saturated rings. The van der Waals surface area contributed by atoms with Gasteiger partial charge in [-0.3, -0.25) is 0 Å². The highest BCUT2D eigenvalue weighted by molar-refractivity contribution is 5.96. The van der Waals surface area contributed by atoms with Gasteiger partial charge in [0.15, 0.2) is 0 Å². The highest BCUT2D eigenvalue weighted by Crippen LogP contribution is 2.32. The lowest BCUT2D eigenvalue weighted by atomic mass is 10.0. The maximum absolute atomic E-state index is 13.1. The first-order valence-electron chi connectivity index (χ1n) is 21.2. The van der Waals surface area contributed by atoms with E-state index in [9.17, 15) is 18.0 Å². The van der Waals surface area contributed by atoms with E-state index in [2.05, 4.69) is 12.2 Å². The largest absolute Gasteiger partial charge is 0.460 e. The minimum absolute atomic E-state index is 0.00765. The fourth-order valence-corrected chi connectivity index (χ4v) is 5.79. The maximum Gasteiger partial charge on any atom is 0.416 e. The van der Waals surface area contributed by atoms with E-state index in [-0.39, 0.29) is 24.5 Å². The van der Waals surface area contributed by atoms with Gasteiger partial charge in [-0.1, -0.05) is 109 Å². The van der Waals surface area contributed by atoms with Crippen molar-refractivity contribution in [2.45, 2.75) is 103 Å². The van der Waals surface area contributed by atoms with Crippen molar-refractivity contribution in [3.05, 3.63) is 59.7 Å². The summed E-state index contributed by atoms with van der Waals surface area (Å²) in [6, 6.07) is 11.2. The number of rotatable bonds is 39. The molecular weight excluding hydrogens is 743 g/mol. The van der Waals surface area contributed by atoms with E-state index in [1.165, 1.54) is 102 Å². The van der Waals surface area contributed by atoms with Gasteiger partial charge in [0.2, 0.25) is 0 Å². The molecule has 57 heavy (non-hydrogen) atoms. The van der Waals surface area contributed by atoms with Crippen LogP contribution in [0.15, 0.2) is 48.5 Å². The highest BCUT2D eigenvalue weighted by atomic mass is 19.4. The molecule has 10 nitrogen and oxygen atoms in total. The number of hydrogen-bond donors (Lipinski definition) is 1. The summed E-state index contributed by atoms with van der Waals surface area (Å²) >= 11 is 0. The first-order chi connectivity index (χ1) is 27.9. The molecular formula is C44H70F3NO9. The third-order valence-electron chi connectivity index (χ3n) is 8.95. The van der Waals surface area contributed by atoms with Gasteiger partial charge >= 0.3 is 12.1 Å². The van der Waals surface area contributed by atoms with Crippen LogP contribution >= 0.6 is 0 Å². The quantitative estimate of drug-likeness (QED) is 0.0518. The topological polar surface area (TPSA) is 103 Å². The minimum Gasteiger partial charge on any atom is -0.460 e. The van der Waals surface area contributed by atoms with Crippen LogP contribution in [0, 0.1) is 0 Å². The predicted octanol–water partition coefficient (Wildman–Crippen LogP) is 10.2. The Morgan fingerprint density at radius 3 is 1.35 bits per heavy atom. The average molecular weight is 814 g/mol. The molecule has 0 amide bonds. The lowest BCUT2D eigenvalue weighted by Gasteiger charge is -2.13. The van der Waals surface area contributed by atoms with Crippen molar-refractivity contribution in [3.63, 3.8) is 0 Å². The Morgan fingerprint density at radius 1 is 0.491 bits per heavy atom. The summed E-state index contributed by atoms with van der Waals surface area (Å²) in [5, 5.41) is 2.87. The SMILES string of the molecule is CCCCCCCCCCCCCCCCOCCOCCOCCOCCOCCOCCOCCOC(=O)c1ccccc1Nc1cccc(C(F)(F)F)c1. The van der Waals surface area contributed by atoms with Crippen molar-refractivity contribution < 1.29 is 55.9 Å². The molecule has 0 spiro atoms. The van der Waals surface area contributed by atoms with Crippen LogP contribution < -0.4 is 5.32 Å². The van der Waals surface area contributed by atoms with E-state index in [0.717, 1.165) is 25.2 Å². The number of carbonyl (C=O) groups excluding carboxylic acids is 1. The summed E-state index contributed by atoms with van der Waals surface area (Å²) in [4.78, 5) is 12.6. The number of alkyl halides is 3. The third-order valence-corrected chi connectivity index (χ3v) is 8.95. The van der Waals surface area contributed by atoms with Gasteiger partial charge in [0.05, 0.1) is 103 Å². The van der Waals surface area contributed by atoms with Gasteiger partial charge in [-0.05, 0) is 36.8 Å². The van der Waals surface area contributed by atoms with Crippen LogP contribution in [0.25, 0.3) is 0 Å². The fraction of sp³-hybridized carbons (Fsp3) is 0.705. The second-order valence-electron chi connectivity index (χ2n) is 13.8. The number of esters is 1. The Bertz CT molecular complexity index is 1240. The van der Waals surface area contributed by atoms with Crippen molar-refractivity contribution in [2.75, 3.05) is 104 Å². The van der Waals surface area contributed by atoms with Gasteiger partial charge in [-0.25, -0.2) is 4.79 Å². The number of benzene rings is 2. The number of nitrogens with one attached hydrogen (secondary N) is 1. The summed E-state index contributed by atoms with van der Waals surface area (Å²) < 4.78 is 83.2. The number of carbonyl (C=O) groups is 1. The van der Waals surface area contributed by atoms with Gasteiger partial charge in [-0.15, -0.1) is 0 Å². The Kier molecular flexibility index (Phi) is 31.1. The Morgan fingerprint density at radius 2 is 0.895 bits per heavy atom. The lowest BCUT2D eigenvalue weighted by molar-refractivity contribution is -0.137. The van der Waals surface area contributed by atoms with Crippen LogP contribution in [-0.4, -0.2) is 105 Å². The molecule has 0 bridgehead atoms. The Balaban J connectivity index is 1.26. The molecule has 13 heteroatoms. The molecule has 0 heterocycles. The monoisotopic (exact) mass is 814 g/mol. The van der Waals surface area contributed by atoms with Crippen molar-refractivity contribution in [3.8, 4) is 0 Å². The molecule has 0 aliphatic carbocycles. The molecule has 326 valence electrons. The number of halogens is 3. The zero-order valence-corrected chi connectivity index (χ0v) is 34.4. The molecule has 0 atom stereocenters. The minimum atomic E-state index is -4.47. The Labute approximate surface area is 339 Å². The van der Waals surface area contributed by atoms with Gasteiger partial charge < -0.3 is 43.2 Å². The van der Waals surface area contributed by atoms with Crippen molar-refractivity contribution in [1.82, 2.24) is 0 Å². The van der Waals surface area contributed by atoms with Gasteiger partial charge in [0.1, 0.15) is 6.61 Å². The molecule has 2 rings (SSSR count). The molecule has 0 radical (unpaired) electrons. The number of ether oxygens (including phenoxy) is 8. The van der Waals surface area contributed by atoms with Crippen molar-refractivity contribution >= 4 is 17.3 Å². The van der Waals surface area contributed by atoms with E-state index in [4.69, 9.17) is 37.9 Å². The van der Waals surface area contributed by atoms with Crippen LogP contribution in [0.1, 0.15) is 113 Å². The first kappa shape index (κ1) is 50.4. The summed E-state index contributed by atoms with van der Waals surface area (Å²) in [5.41, 5.74) is -0.0629. The van der Waals surface area contributed by atoms with Crippen LogP contribution in [-0.2, 0) is 44.1 Å². The summed E-state index contributed by atoms with van der Waals surface area (Å²) in [6.45, 7) is 8.90. The normalized spacial score (nSPS) is 11.6. The zero-order valence-electron chi connectivity index (χ0n) is 34.4. The van der Waals surface area contributed by atoms with Gasteiger partial charge in [-0.2, -0.15) is 13.2 Å². The van der Waals surface area contributed by atoms with E-state index in [1.54, 1.807) is 18.2 Å². The highest BCUT2D eigenvalue weighted by Gasteiger charge is 2.30. The smallest absolute Gasteiger partial charge is 0.416 e. The molecule has 0 saturated heterocycles. The molecule has 0 aliphatic heterocycles. The molecule has 2 aromatic rings. The standard InChI is InChI=1S/C44H70F3NO9/c1-2-3-4-5-6-7-8-9-10-11-12-13-14-17-23-50-24-25-51-26-27-52-28-29-53-30-31-54-32-33-55-34-35-56-36-37-57-43(49)41-21-15-16-22-42(41)48-40-20-18-19-39(38-40)44(45,46)47/h15-16,18-22,38,48H,2-14,17,23-37H2,1H3. The van der Waals surface area contributed by atoms with Crippen LogP contribution in [0.4, 0.5) is 24.5 Å². The summed E-state index contributed by atoms with van der Waals surface area (Å²) in [6.07, 6.45) is 14.6. The Hall–Kier alpha value is -2.78. The fourth-order valence-electron chi connectivity index (χ4n) is 5.79. The van der Waals surface area contributed by atoms with Crippen LogP contribution in [0.5, 0.6) is 0 Å². The van der Waals surface area contributed by atoms with Crippen LogP contribution in [0.3, 0.4) is 0 Å². The maximum atomic E-state index is 13.1. The van der Waals surface area contributed by atoms with E-state index in [1.807, 2.05) is 0 Å². The second-order valence-corrected chi connectivity index (χ2v) is 13.8. The molecule has 0 aliphatic rings. The summed E-state index contributed by atoms with van der Waals surface area (Å²) in [7, 11) is 0. The zero-order chi connectivity index (χ0) is 40.9.